The molecule has 0 bridgehead atoms. The Kier molecular flexibility index (Phi) is 4.17. The van der Waals surface area contributed by atoms with E-state index in [1.807, 2.05) is 32.0 Å². The number of rotatable bonds is 3. The molecule has 0 aliphatic rings. The Bertz CT molecular complexity index is 430. The van der Waals surface area contributed by atoms with Crippen molar-refractivity contribution in [2.45, 2.75) is 45.6 Å². The molecule has 0 unspecified atom stereocenters. The maximum atomic E-state index is 12.2. The third-order valence-corrected chi connectivity index (χ3v) is 3.18. The molecular formula is C15H24N2O. The highest BCUT2D eigenvalue weighted by Crippen LogP contribution is 2.29. The molecule has 3 heteroatoms. The second-order valence-corrected chi connectivity index (χ2v) is 6.12. The Morgan fingerprint density at radius 1 is 1.06 bits per heavy atom. The topological polar surface area (TPSA) is 41.1 Å². The molecule has 0 heterocycles. The number of benzene rings is 1. The zero-order valence-corrected chi connectivity index (χ0v) is 12.2. The highest BCUT2D eigenvalue weighted by Gasteiger charge is 2.27. The van der Waals surface area contributed by atoms with Crippen molar-refractivity contribution in [2.24, 2.45) is 0 Å². The number of hydrogen-bond acceptors (Lipinski definition) is 2. The van der Waals surface area contributed by atoms with Crippen LogP contribution in [0.25, 0.3) is 0 Å². The minimum Gasteiger partial charge on any atom is -0.324 e. The van der Waals surface area contributed by atoms with Crippen LogP contribution >= 0.6 is 0 Å². The summed E-state index contributed by atoms with van der Waals surface area (Å²) in [5, 5.41) is 6.01. The van der Waals surface area contributed by atoms with Crippen LogP contribution in [0.3, 0.4) is 0 Å². The van der Waals surface area contributed by atoms with Crippen LogP contribution in [0.4, 0.5) is 5.69 Å². The molecule has 0 saturated heterocycles. The van der Waals surface area contributed by atoms with E-state index in [0.717, 1.165) is 11.3 Å². The molecule has 1 rings (SSSR count). The van der Waals surface area contributed by atoms with E-state index in [1.165, 1.54) is 0 Å². The highest BCUT2D eigenvalue weighted by molar-refractivity contribution is 5.98. The molecule has 0 radical (unpaired) electrons. The van der Waals surface area contributed by atoms with Crippen molar-refractivity contribution in [1.29, 1.82) is 0 Å². The van der Waals surface area contributed by atoms with Gasteiger partial charge in [0.05, 0.1) is 5.54 Å². The summed E-state index contributed by atoms with van der Waals surface area (Å²) in [6.07, 6.45) is 0. The quantitative estimate of drug-likeness (QED) is 0.863. The second kappa shape index (κ2) is 5.11. The van der Waals surface area contributed by atoms with E-state index < -0.39 is 5.54 Å². The van der Waals surface area contributed by atoms with Crippen LogP contribution in [-0.4, -0.2) is 18.5 Å². The van der Waals surface area contributed by atoms with E-state index in [-0.39, 0.29) is 11.3 Å². The molecule has 100 valence electrons. The van der Waals surface area contributed by atoms with Crippen molar-refractivity contribution in [3.05, 3.63) is 29.8 Å². The highest BCUT2D eigenvalue weighted by atomic mass is 16.2. The van der Waals surface area contributed by atoms with Gasteiger partial charge in [-0.05, 0) is 37.9 Å². The molecule has 18 heavy (non-hydrogen) atoms. The monoisotopic (exact) mass is 248 g/mol. The maximum absolute atomic E-state index is 12.2. The molecule has 0 aliphatic carbocycles. The number of nitrogens with one attached hydrogen (secondary N) is 2. The Labute approximate surface area is 110 Å². The summed E-state index contributed by atoms with van der Waals surface area (Å²) in [5.74, 6) is -0.0262. The van der Waals surface area contributed by atoms with Gasteiger partial charge in [-0.15, -0.1) is 0 Å². The van der Waals surface area contributed by atoms with Crippen LogP contribution in [0.1, 0.15) is 40.2 Å². The van der Waals surface area contributed by atoms with Gasteiger partial charge in [-0.1, -0.05) is 39.0 Å². The second-order valence-electron chi connectivity index (χ2n) is 6.12. The number of carbonyl (C=O) groups is 1. The Hall–Kier alpha value is -1.35. The van der Waals surface area contributed by atoms with Gasteiger partial charge in [0.1, 0.15) is 0 Å². The van der Waals surface area contributed by atoms with Crippen LogP contribution in [-0.2, 0) is 10.2 Å². The van der Waals surface area contributed by atoms with Crippen LogP contribution in [0.15, 0.2) is 24.3 Å². The van der Waals surface area contributed by atoms with E-state index >= 15 is 0 Å². The lowest BCUT2D eigenvalue weighted by Crippen LogP contribution is -2.48. The van der Waals surface area contributed by atoms with Crippen molar-refractivity contribution in [3.63, 3.8) is 0 Å². The molecule has 1 aromatic rings. The minimum atomic E-state index is -0.578. The number of carbonyl (C=O) groups excluding carboxylic acids is 1. The van der Waals surface area contributed by atoms with Crippen LogP contribution in [0.5, 0.6) is 0 Å². The Morgan fingerprint density at radius 3 is 2.11 bits per heavy atom. The van der Waals surface area contributed by atoms with Gasteiger partial charge in [-0.25, -0.2) is 0 Å². The number of anilines is 1. The predicted octanol–water partition coefficient (Wildman–Crippen LogP) is 2.92. The van der Waals surface area contributed by atoms with E-state index in [9.17, 15) is 4.79 Å². The molecule has 3 nitrogen and oxygen atoms in total. The fourth-order valence-corrected chi connectivity index (χ4v) is 1.64. The summed E-state index contributed by atoms with van der Waals surface area (Å²) >= 11 is 0. The summed E-state index contributed by atoms with van der Waals surface area (Å²) in [5.41, 5.74) is 1.46. The van der Waals surface area contributed by atoms with E-state index in [2.05, 4.69) is 37.5 Å². The molecule has 1 amide bonds. The number of hydrogen-bond donors (Lipinski definition) is 2. The van der Waals surface area contributed by atoms with Gasteiger partial charge in [0, 0.05) is 5.69 Å². The molecule has 0 atom stereocenters. The number of para-hydroxylation sites is 1. The van der Waals surface area contributed by atoms with Crippen LogP contribution in [0.2, 0.25) is 0 Å². The zero-order valence-electron chi connectivity index (χ0n) is 12.2. The number of likely N-dealkylation sites (N-methyl/N-ethyl adjacent to an activating group) is 1. The van der Waals surface area contributed by atoms with Crippen molar-refractivity contribution in [3.8, 4) is 0 Å². The summed E-state index contributed by atoms with van der Waals surface area (Å²) in [7, 11) is 1.79. The first-order valence-corrected chi connectivity index (χ1v) is 6.28. The standard InChI is InChI=1S/C15H24N2O/c1-14(2,3)11-9-7-8-10-12(11)17-13(18)15(4,5)16-6/h7-10,16H,1-6H3,(H,17,18). The summed E-state index contributed by atoms with van der Waals surface area (Å²) < 4.78 is 0. The average molecular weight is 248 g/mol. The first-order chi connectivity index (χ1) is 8.18. The smallest absolute Gasteiger partial charge is 0.244 e. The average Bonchev–Trinajstić information content (AvgIpc) is 2.28. The molecule has 0 aromatic heterocycles. The van der Waals surface area contributed by atoms with Crippen LogP contribution < -0.4 is 10.6 Å². The fourth-order valence-electron chi connectivity index (χ4n) is 1.64. The molecule has 2 N–H and O–H groups in total. The molecule has 0 fully saturated rings. The molecule has 0 spiro atoms. The zero-order chi connectivity index (χ0) is 14.0. The van der Waals surface area contributed by atoms with Gasteiger partial charge in [-0.2, -0.15) is 0 Å². The van der Waals surface area contributed by atoms with Gasteiger partial charge < -0.3 is 10.6 Å². The van der Waals surface area contributed by atoms with E-state index in [0.29, 0.717) is 0 Å². The molecule has 0 aliphatic heterocycles. The molecular weight excluding hydrogens is 224 g/mol. The van der Waals surface area contributed by atoms with Gasteiger partial charge in [0.2, 0.25) is 5.91 Å². The minimum absolute atomic E-state index is 0.00760. The first-order valence-electron chi connectivity index (χ1n) is 6.28. The van der Waals surface area contributed by atoms with Gasteiger partial charge in [0.25, 0.3) is 0 Å². The van der Waals surface area contributed by atoms with Crippen molar-refractivity contribution < 1.29 is 4.79 Å². The van der Waals surface area contributed by atoms with Crippen molar-refractivity contribution >= 4 is 11.6 Å². The van der Waals surface area contributed by atoms with Crippen molar-refractivity contribution in [1.82, 2.24) is 5.32 Å². The summed E-state index contributed by atoms with van der Waals surface area (Å²) in [6, 6.07) is 7.95. The first kappa shape index (κ1) is 14.7. The van der Waals surface area contributed by atoms with Crippen molar-refractivity contribution in [2.75, 3.05) is 12.4 Å². The lowest BCUT2D eigenvalue weighted by atomic mass is 9.85. The third-order valence-electron chi connectivity index (χ3n) is 3.18. The Balaban J connectivity index is 3.03. The molecule has 0 saturated carbocycles. The predicted molar refractivity (Wildman–Crippen MR) is 76.9 cm³/mol. The SMILES string of the molecule is CNC(C)(C)C(=O)Nc1ccccc1C(C)(C)C. The third kappa shape index (κ3) is 3.33. The lowest BCUT2D eigenvalue weighted by molar-refractivity contribution is -0.121. The van der Waals surface area contributed by atoms with Crippen LogP contribution in [0, 0.1) is 0 Å². The summed E-state index contributed by atoms with van der Waals surface area (Å²) in [6.45, 7) is 10.1. The number of amides is 1. The van der Waals surface area contributed by atoms with Gasteiger partial charge in [-0.3, -0.25) is 4.79 Å². The lowest BCUT2D eigenvalue weighted by Gasteiger charge is -2.27. The van der Waals surface area contributed by atoms with E-state index in [4.69, 9.17) is 0 Å². The summed E-state index contributed by atoms with van der Waals surface area (Å²) in [4.78, 5) is 12.2. The van der Waals surface area contributed by atoms with Gasteiger partial charge in [0.15, 0.2) is 0 Å². The van der Waals surface area contributed by atoms with E-state index in [1.54, 1.807) is 7.05 Å². The molecule has 1 aromatic carbocycles. The normalized spacial score (nSPS) is 12.3. The maximum Gasteiger partial charge on any atom is 0.244 e. The van der Waals surface area contributed by atoms with Gasteiger partial charge >= 0.3 is 0 Å². The fraction of sp³-hybridized carbons (Fsp3) is 0.533. The largest absolute Gasteiger partial charge is 0.324 e. The Morgan fingerprint density at radius 2 is 1.61 bits per heavy atom.